The van der Waals surface area contributed by atoms with Gasteiger partial charge in [0.15, 0.2) is 5.78 Å². The van der Waals surface area contributed by atoms with Crippen molar-refractivity contribution in [2.75, 3.05) is 0 Å². The molecule has 4 nitrogen and oxygen atoms in total. The Hall–Kier alpha value is -2.70. The summed E-state index contributed by atoms with van der Waals surface area (Å²) in [6, 6.07) is 14.3. The van der Waals surface area contributed by atoms with Crippen LogP contribution in [0.4, 0.5) is 0 Å². The van der Waals surface area contributed by atoms with Crippen LogP contribution in [0, 0.1) is 5.41 Å². The van der Waals surface area contributed by atoms with Gasteiger partial charge in [-0.15, -0.1) is 11.3 Å². The van der Waals surface area contributed by atoms with E-state index in [1.54, 1.807) is 6.20 Å². The van der Waals surface area contributed by atoms with Gasteiger partial charge in [-0.3, -0.25) is 10.2 Å². The van der Waals surface area contributed by atoms with Crippen LogP contribution in [-0.4, -0.2) is 20.8 Å². The second-order valence-electron chi connectivity index (χ2n) is 6.12. The molecule has 1 atom stereocenters. The minimum absolute atomic E-state index is 0.0334. The number of fused-ring (bicyclic) bond motifs is 3. The molecule has 1 aliphatic heterocycles. The minimum atomic E-state index is -0.539. The Morgan fingerprint density at radius 3 is 2.81 bits per heavy atom. The monoisotopic (exact) mass is 375 g/mol. The molecule has 126 valence electrons. The lowest BCUT2D eigenvalue weighted by atomic mass is 10.0. The van der Waals surface area contributed by atoms with Crippen molar-refractivity contribution in [3.63, 3.8) is 0 Å². The molecule has 0 amide bonds. The first-order valence-electron chi connectivity index (χ1n) is 8.13. The maximum Gasteiger partial charge on any atom is 0.186 e. The number of hydrogen-bond acceptors (Lipinski definition) is 5. The maximum absolute atomic E-state index is 12.8. The van der Waals surface area contributed by atoms with Crippen LogP contribution in [0.5, 0.6) is 0 Å². The summed E-state index contributed by atoms with van der Waals surface area (Å²) in [5.41, 5.74) is 3.14. The van der Waals surface area contributed by atoms with Gasteiger partial charge in [0, 0.05) is 33.4 Å². The number of ketones is 1. The molecule has 0 radical (unpaired) electrons. The minimum Gasteiger partial charge on any atom is -0.355 e. The Bertz CT molecular complexity index is 1200. The molecule has 2 aromatic carbocycles. The van der Waals surface area contributed by atoms with E-state index in [2.05, 4.69) is 28.2 Å². The van der Waals surface area contributed by atoms with Gasteiger partial charge < -0.3 is 4.98 Å². The van der Waals surface area contributed by atoms with Crippen molar-refractivity contribution in [2.24, 2.45) is 0 Å². The predicted molar refractivity (Wildman–Crippen MR) is 109 cm³/mol. The molecule has 2 N–H and O–H groups in total. The van der Waals surface area contributed by atoms with Gasteiger partial charge in [0.05, 0.1) is 9.95 Å². The molecule has 5 rings (SSSR count). The van der Waals surface area contributed by atoms with E-state index in [0.29, 0.717) is 15.0 Å². The molecule has 0 bridgehead atoms. The molecule has 1 unspecified atom stereocenters. The summed E-state index contributed by atoms with van der Waals surface area (Å²) in [6.45, 7) is 0. The third-order valence-electron chi connectivity index (χ3n) is 4.51. The molecule has 2 aromatic heterocycles. The van der Waals surface area contributed by atoms with Crippen molar-refractivity contribution in [1.82, 2.24) is 9.97 Å². The summed E-state index contributed by atoms with van der Waals surface area (Å²) in [4.78, 5) is 21.0. The second kappa shape index (κ2) is 5.93. The van der Waals surface area contributed by atoms with Crippen molar-refractivity contribution in [1.29, 1.82) is 5.41 Å². The van der Waals surface area contributed by atoms with Gasteiger partial charge in [0.1, 0.15) is 10.9 Å². The molecule has 1 aliphatic rings. The average Bonchev–Trinajstić information content (AvgIpc) is 3.34. The first-order valence-corrected chi connectivity index (χ1v) is 9.82. The lowest BCUT2D eigenvalue weighted by molar-refractivity contribution is -0.114. The van der Waals surface area contributed by atoms with Crippen molar-refractivity contribution in [3.05, 3.63) is 69.5 Å². The SMILES string of the molecule is N=C1SC(=Cc2ccc3[nH]c4ccccc4c3c2)C(=O)C1c1nccs1. The first kappa shape index (κ1) is 15.5. The van der Waals surface area contributed by atoms with Crippen LogP contribution in [0.3, 0.4) is 0 Å². The van der Waals surface area contributed by atoms with Gasteiger partial charge in [-0.2, -0.15) is 0 Å². The van der Waals surface area contributed by atoms with Crippen LogP contribution in [0.25, 0.3) is 27.9 Å². The van der Waals surface area contributed by atoms with Gasteiger partial charge in [-0.1, -0.05) is 36.0 Å². The number of nitrogens with one attached hydrogen (secondary N) is 2. The van der Waals surface area contributed by atoms with Crippen LogP contribution in [-0.2, 0) is 4.79 Å². The lowest BCUT2D eigenvalue weighted by Gasteiger charge is -2.01. The molecule has 4 aromatic rings. The van der Waals surface area contributed by atoms with Gasteiger partial charge in [-0.05, 0) is 29.8 Å². The number of thioether (sulfide) groups is 1. The highest BCUT2D eigenvalue weighted by atomic mass is 32.2. The Balaban J connectivity index is 1.57. The molecule has 0 spiro atoms. The molecule has 6 heteroatoms. The number of hydrogen-bond donors (Lipinski definition) is 2. The zero-order valence-electron chi connectivity index (χ0n) is 13.5. The average molecular weight is 375 g/mol. The summed E-state index contributed by atoms with van der Waals surface area (Å²) in [5.74, 6) is -0.572. The van der Waals surface area contributed by atoms with E-state index in [1.807, 2.05) is 35.7 Å². The Kier molecular flexibility index (Phi) is 3.55. The normalized spacial score (nSPS) is 19.2. The Morgan fingerprint density at radius 2 is 1.96 bits per heavy atom. The largest absolute Gasteiger partial charge is 0.355 e. The van der Waals surface area contributed by atoms with Crippen LogP contribution in [0.1, 0.15) is 16.5 Å². The number of Topliss-reactive ketones (excluding diaryl/α,β-unsaturated/α-hetero) is 1. The standard InChI is InChI=1S/C20H13N3OS2/c21-19-17(20-22-7-8-25-20)18(24)16(26-19)10-11-5-6-15-13(9-11)12-3-1-2-4-14(12)23-15/h1-10,17,21,23H. The number of allylic oxidation sites excluding steroid dienone is 1. The molecule has 26 heavy (non-hydrogen) atoms. The third-order valence-corrected chi connectivity index (χ3v) is 6.35. The summed E-state index contributed by atoms with van der Waals surface area (Å²) >= 11 is 2.66. The summed E-state index contributed by atoms with van der Waals surface area (Å²) in [5, 5.41) is 13.4. The van der Waals surface area contributed by atoms with Gasteiger partial charge >= 0.3 is 0 Å². The molecule has 0 saturated carbocycles. The highest BCUT2D eigenvalue weighted by Gasteiger charge is 2.38. The topological polar surface area (TPSA) is 69.6 Å². The Labute approximate surface area is 157 Å². The van der Waals surface area contributed by atoms with Gasteiger partial charge in [0.2, 0.25) is 0 Å². The molecule has 1 fully saturated rings. The van der Waals surface area contributed by atoms with Crippen molar-refractivity contribution in [2.45, 2.75) is 5.92 Å². The van der Waals surface area contributed by atoms with Crippen LogP contribution in [0.15, 0.2) is 58.9 Å². The van der Waals surface area contributed by atoms with Crippen LogP contribution in [0.2, 0.25) is 0 Å². The zero-order valence-corrected chi connectivity index (χ0v) is 15.2. The zero-order chi connectivity index (χ0) is 17.7. The van der Waals surface area contributed by atoms with Gasteiger partial charge in [-0.25, -0.2) is 4.98 Å². The number of rotatable bonds is 2. The predicted octanol–water partition coefficient (Wildman–Crippen LogP) is 5.20. The number of nitrogens with zero attached hydrogens (tertiary/aromatic N) is 1. The summed E-state index contributed by atoms with van der Waals surface area (Å²) in [6.07, 6.45) is 3.56. The smallest absolute Gasteiger partial charge is 0.186 e. The number of para-hydroxylation sites is 1. The maximum atomic E-state index is 12.8. The molecular formula is C20H13N3OS2. The highest BCUT2D eigenvalue weighted by Crippen LogP contribution is 2.41. The van der Waals surface area contributed by atoms with E-state index in [-0.39, 0.29) is 5.78 Å². The number of aromatic nitrogens is 2. The first-order chi connectivity index (χ1) is 12.7. The van der Waals surface area contributed by atoms with Crippen molar-refractivity contribution in [3.8, 4) is 0 Å². The Morgan fingerprint density at radius 1 is 1.12 bits per heavy atom. The van der Waals surface area contributed by atoms with Crippen LogP contribution >= 0.6 is 23.1 Å². The van der Waals surface area contributed by atoms with Crippen molar-refractivity contribution < 1.29 is 4.79 Å². The number of thiazole rings is 1. The van der Waals surface area contributed by atoms with Crippen LogP contribution < -0.4 is 0 Å². The summed E-state index contributed by atoms with van der Waals surface area (Å²) in [7, 11) is 0. The number of carbonyl (C=O) groups is 1. The van der Waals surface area contributed by atoms with E-state index in [9.17, 15) is 4.79 Å². The quantitative estimate of drug-likeness (QED) is 0.473. The van der Waals surface area contributed by atoms with E-state index < -0.39 is 5.92 Å². The number of H-pyrrole nitrogens is 1. The number of aromatic amines is 1. The van der Waals surface area contributed by atoms with Crippen molar-refractivity contribution >= 4 is 61.8 Å². The molecular weight excluding hydrogens is 362 g/mol. The third kappa shape index (κ3) is 2.41. The van der Waals surface area contributed by atoms with E-state index in [4.69, 9.17) is 5.41 Å². The fourth-order valence-electron chi connectivity index (χ4n) is 3.30. The van der Waals surface area contributed by atoms with Gasteiger partial charge in [0.25, 0.3) is 0 Å². The second-order valence-corrected chi connectivity index (χ2v) is 8.13. The number of benzene rings is 2. The molecule has 0 aliphatic carbocycles. The molecule has 1 saturated heterocycles. The molecule has 3 heterocycles. The fourth-order valence-corrected chi connectivity index (χ4v) is 5.10. The highest BCUT2D eigenvalue weighted by molar-refractivity contribution is 8.19. The van der Waals surface area contributed by atoms with E-state index >= 15 is 0 Å². The number of carbonyl (C=O) groups excluding carboxylic acids is 1. The lowest BCUT2D eigenvalue weighted by Crippen LogP contribution is -2.11. The summed E-state index contributed by atoms with van der Waals surface area (Å²) < 4.78 is 0. The van der Waals surface area contributed by atoms with E-state index in [1.165, 1.54) is 28.5 Å². The van der Waals surface area contributed by atoms with E-state index in [0.717, 1.165) is 22.0 Å². The fraction of sp³-hybridized carbons (Fsp3) is 0.0500.